The van der Waals surface area contributed by atoms with Gasteiger partial charge in [-0.05, 0) is 24.6 Å². The van der Waals surface area contributed by atoms with Gasteiger partial charge in [0.1, 0.15) is 11.6 Å². The van der Waals surface area contributed by atoms with Gasteiger partial charge in [-0.25, -0.2) is 0 Å². The summed E-state index contributed by atoms with van der Waals surface area (Å²) in [6, 6.07) is 5.22. The molecule has 4 N–H and O–H groups in total. The maximum Gasteiger partial charge on any atom is 0.251 e. The average Bonchev–Trinajstić information content (AvgIpc) is 2.43. The molecule has 1 rings (SSSR count). The molecule has 0 aliphatic carbocycles. The maximum atomic E-state index is 11.9. The highest BCUT2D eigenvalue weighted by atomic mass is 16.5. The van der Waals surface area contributed by atoms with E-state index in [-0.39, 0.29) is 17.7 Å². The standard InChI is InChI=1S/C13H19N3O3/c1-8-4-5-10(6-11(8)19-3)13(17)15-7-9(2)12(14)16-18/h4-6,9,18H,7H2,1-3H3,(H2,14,16)(H,15,17). The zero-order valence-corrected chi connectivity index (χ0v) is 11.3. The molecule has 0 saturated heterocycles. The molecule has 0 fully saturated rings. The van der Waals surface area contributed by atoms with Gasteiger partial charge in [0.15, 0.2) is 0 Å². The van der Waals surface area contributed by atoms with E-state index in [2.05, 4.69) is 10.5 Å². The fourth-order valence-corrected chi connectivity index (χ4v) is 1.51. The molecule has 1 amide bonds. The van der Waals surface area contributed by atoms with Gasteiger partial charge in [-0.1, -0.05) is 18.1 Å². The summed E-state index contributed by atoms with van der Waals surface area (Å²) in [7, 11) is 1.56. The molecule has 1 atom stereocenters. The Morgan fingerprint density at radius 3 is 2.84 bits per heavy atom. The minimum Gasteiger partial charge on any atom is -0.496 e. The largest absolute Gasteiger partial charge is 0.496 e. The lowest BCUT2D eigenvalue weighted by Crippen LogP contribution is -2.34. The Balaban J connectivity index is 2.69. The summed E-state index contributed by atoms with van der Waals surface area (Å²) in [5.41, 5.74) is 6.91. The van der Waals surface area contributed by atoms with Gasteiger partial charge in [0, 0.05) is 18.0 Å². The molecule has 0 aliphatic rings. The second kappa shape index (κ2) is 6.63. The second-order valence-corrected chi connectivity index (χ2v) is 4.32. The summed E-state index contributed by atoms with van der Waals surface area (Å²) in [5, 5.41) is 14.1. The normalized spacial score (nSPS) is 12.9. The van der Waals surface area contributed by atoms with Crippen molar-refractivity contribution in [1.29, 1.82) is 0 Å². The van der Waals surface area contributed by atoms with Gasteiger partial charge in [-0.15, -0.1) is 0 Å². The zero-order chi connectivity index (χ0) is 14.4. The van der Waals surface area contributed by atoms with E-state index < -0.39 is 0 Å². The van der Waals surface area contributed by atoms with Crippen molar-refractivity contribution in [3.05, 3.63) is 29.3 Å². The van der Waals surface area contributed by atoms with Crippen LogP contribution in [-0.2, 0) is 0 Å². The minimum atomic E-state index is -0.235. The average molecular weight is 265 g/mol. The van der Waals surface area contributed by atoms with Crippen LogP contribution >= 0.6 is 0 Å². The number of nitrogens with one attached hydrogen (secondary N) is 1. The van der Waals surface area contributed by atoms with Crippen LogP contribution in [0.25, 0.3) is 0 Å². The SMILES string of the molecule is COc1cc(C(=O)NCC(C)C(N)=NO)ccc1C. The summed E-state index contributed by atoms with van der Waals surface area (Å²) in [6.07, 6.45) is 0. The molecule has 0 aromatic heterocycles. The Labute approximate surface area is 112 Å². The molecule has 0 saturated carbocycles. The van der Waals surface area contributed by atoms with Crippen molar-refractivity contribution >= 4 is 11.7 Å². The lowest BCUT2D eigenvalue weighted by molar-refractivity contribution is 0.0950. The predicted octanol–water partition coefficient (Wildman–Crippen LogP) is 1.12. The number of oxime groups is 1. The molecule has 0 aliphatic heterocycles. The topological polar surface area (TPSA) is 96.9 Å². The smallest absolute Gasteiger partial charge is 0.251 e. The van der Waals surface area contributed by atoms with E-state index in [0.29, 0.717) is 17.9 Å². The number of aryl methyl sites for hydroxylation is 1. The maximum absolute atomic E-state index is 11.9. The molecule has 0 heterocycles. The fraction of sp³-hybridized carbons (Fsp3) is 0.385. The van der Waals surface area contributed by atoms with Crippen LogP contribution in [0.5, 0.6) is 5.75 Å². The molecular formula is C13H19N3O3. The summed E-state index contributed by atoms with van der Waals surface area (Å²) in [6.45, 7) is 3.96. The van der Waals surface area contributed by atoms with Gasteiger partial charge in [-0.2, -0.15) is 0 Å². The summed E-state index contributed by atoms with van der Waals surface area (Å²) >= 11 is 0. The number of nitrogens with zero attached hydrogens (tertiary/aromatic N) is 1. The third-order valence-corrected chi connectivity index (χ3v) is 2.86. The molecule has 104 valence electrons. The lowest BCUT2D eigenvalue weighted by atomic mass is 10.1. The highest BCUT2D eigenvalue weighted by molar-refractivity contribution is 5.95. The van der Waals surface area contributed by atoms with Crippen LogP contribution in [0, 0.1) is 12.8 Å². The summed E-state index contributed by atoms with van der Waals surface area (Å²) < 4.78 is 5.16. The van der Waals surface area contributed by atoms with Crippen molar-refractivity contribution in [2.24, 2.45) is 16.8 Å². The van der Waals surface area contributed by atoms with Crippen molar-refractivity contribution < 1.29 is 14.7 Å². The molecule has 0 bridgehead atoms. The first-order valence-electron chi connectivity index (χ1n) is 5.89. The number of amides is 1. The van der Waals surface area contributed by atoms with E-state index in [1.54, 1.807) is 26.2 Å². The van der Waals surface area contributed by atoms with Crippen LogP contribution in [0.15, 0.2) is 23.4 Å². The van der Waals surface area contributed by atoms with Gasteiger partial charge in [-0.3, -0.25) is 4.79 Å². The van der Waals surface area contributed by atoms with Crippen molar-refractivity contribution in [3.8, 4) is 5.75 Å². The minimum absolute atomic E-state index is 0.0850. The third kappa shape index (κ3) is 3.87. The molecular weight excluding hydrogens is 246 g/mol. The number of rotatable bonds is 5. The first-order chi connectivity index (χ1) is 8.99. The number of carbonyl (C=O) groups is 1. The number of benzene rings is 1. The van der Waals surface area contributed by atoms with Crippen molar-refractivity contribution in [3.63, 3.8) is 0 Å². The van der Waals surface area contributed by atoms with E-state index >= 15 is 0 Å². The van der Waals surface area contributed by atoms with Crippen molar-refractivity contribution in [1.82, 2.24) is 5.32 Å². The molecule has 0 spiro atoms. The quantitative estimate of drug-likeness (QED) is 0.321. The monoisotopic (exact) mass is 265 g/mol. The first kappa shape index (κ1) is 14.8. The molecule has 1 unspecified atom stereocenters. The lowest BCUT2D eigenvalue weighted by Gasteiger charge is -2.12. The van der Waals surface area contributed by atoms with Crippen LogP contribution in [-0.4, -0.2) is 30.6 Å². The molecule has 1 aromatic carbocycles. The Hall–Kier alpha value is -2.24. The molecule has 0 radical (unpaired) electrons. The predicted molar refractivity (Wildman–Crippen MR) is 72.6 cm³/mol. The van der Waals surface area contributed by atoms with Gasteiger partial charge < -0.3 is 21.0 Å². The van der Waals surface area contributed by atoms with Gasteiger partial charge in [0.2, 0.25) is 0 Å². The van der Waals surface area contributed by atoms with Crippen molar-refractivity contribution in [2.45, 2.75) is 13.8 Å². The number of carbonyl (C=O) groups excluding carboxylic acids is 1. The molecule has 6 heteroatoms. The summed E-state index contributed by atoms with van der Waals surface area (Å²) in [5.74, 6) is 0.288. The molecule has 19 heavy (non-hydrogen) atoms. The van der Waals surface area contributed by atoms with Crippen molar-refractivity contribution in [2.75, 3.05) is 13.7 Å². The van der Waals surface area contributed by atoms with E-state index in [9.17, 15) is 4.79 Å². The number of ether oxygens (including phenoxy) is 1. The van der Waals surface area contributed by atoms with Crippen LogP contribution in [0.1, 0.15) is 22.8 Å². The fourth-order valence-electron chi connectivity index (χ4n) is 1.51. The highest BCUT2D eigenvalue weighted by Gasteiger charge is 2.12. The van der Waals surface area contributed by atoms with Gasteiger partial charge in [0.25, 0.3) is 5.91 Å². The van der Waals surface area contributed by atoms with Gasteiger partial charge >= 0.3 is 0 Å². The first-order valence-corrected chi connectivity index (χ1v) is 5.89. The third-order valence-electron chi connectivity index (χ3n) is 2.86. The molecule has 6 nitrogen and oxygen atoms in total. The van der Waals surface area contributed by atoms with Crippen LogP contribution < -0.4 is 15.8 Å². The number of amidine groups is 1. The number of methoxy groups -OCH3 is 1. The van der Waals surface area contributed by atoms with E-state index in [1.165, 1.54) is 0 Å². The van der Waals surface area contributed by atoms with Crippen LogP contribution in [0.4, 0.5) is 0 Å². The van der Waals surface area contributed by atoms with E-state index in [0.717, 1.165) is 5.56 Å². The Kier molecular flexibility index (Phi) is 5.17. The van der Waals surface area contributed by atoms with Gasteiger partial charge in [0.05, 0.1) is 7.11 Å². The Bertz CT molecular complexity index is 486. The number of nitrogens with two attached hydrogens (primary N) is 1. The number of hydrogen-bond donors (Lipinski definition) is 3. The van der Waals surface area contributed by atoms with E-state index in [1.807, 2.05) is 13.0 Å². The number of hydrogen-bond acceptors (Lipinski definition) is 4. The summed E-state index contributed by atoms with van der Waals surface area (Å²) in [4.78, 5) is 11.9. The van der Waals surface area contributed by atoms with Crippen LogP contribution in [0.2, 0.25) is 0 Å². The Morgan fingerprint density at radius 2 is 2.26 bits per heavy atom. The second-order valence-electron chi connectivity index (χ2n) is 4.32. The Morgan fingerprint density at radius 1 is 1.58 bits per heavy atom. The highest BCUT2D eigenvalue weighted by Crippen LogP contribution is 2.18. The molecule has 1 aromatic rings. The van der Waals surface area contributed by atoms with Crippen LogP contribution in [0.3, 0.4) is 0 Å². The van der Waals surface area contributed by atoms with E-state index in [4.69, 9.17) is 15.7 Å². The zero-order valence-electron chi connectivity index (χ0n) is 11.3.